The van der Waals surface area contributed by atoms with Crippen LogP contribution in [0.2, 0.25) is 18.1 Å². The molecule has 0 aliphatic carbocycles. The minimum absolute atomic E-state index is 0.0537. The van der Waals surface area contributed by atoms with Crippen molar-refractivity contribution in [3.63, 3.8) is 0 Å². The Balaban J connectivity index is 2.55. The van der Waals surface area contributed by atoms with Crippen LogP contribution in [0.3, 0.4) is 0 Å². The number of carbonyl (C=O) groups excluding carboxylic acids is 3. The predicted molar refractivity (Wildman–Crippen MR) is 197 cm³/mol. The zero-order valence-electron chi connectivity index (χ0n) is 31.6. The third-order valence-corrected chi connectivity index (χ3v) is 16.0. The van der Waals surface area contributed by atoms with Gasteiger partial charge < -0.3 is 24.1 Å². The Bertz CT molecular complexity index is 1110. The van der Waals surface area contributed by atoms with E-state index in [-0.39, 0.29) is 48.2 Å². The molecule has 1 fully saturated rings. The number of nitrogens with one attached hydrogen (secondary N) is 1. The van der Waals surface area contributed by atoms with E-state index in [4.69, 9.17) is 18.9 Å². The first kappa shape index (κ1) is 42.3. The summed E-state index contributed by atoms with van der Waals surface area (Å²) in [4.78, 5) is 49.6. The summed E-state index contributed by atoms with van der Waals surface area (Å²) in [7, 11) is 1.22. The van der Waals surface area contributed by atoms with Crippen LogP contribution in [-0.4, -0.2) is 93.1 Å². The van der Waals surface area contributed by atoms with Crippen molar-refractivity contribution in [2.45, 2.75) is 149 Å². The second kappa shape index (κ2) is 21.4. The number of nitrogens with zero attached hydrogens (tertiary/aromatic N) is 3. The van der Waals surface area contributed by atoms with E-state index in [1.165, 1.54) is 18.4 Å². The van der Waals surface area contributed by atoms with E-state index in [2.05, 4.69) is 58.7 Å². The van der Waals surface area contributed by atoms with Gasteiger partial charge in [-0.1, -0.05) is 81.1 Å². The third-order valence-electron chi connectivity index (χ3n) is 10.4. The average molecular weight is 711 g/mol. The van der Waals surface area contributed by atoms with E-state index in [1.54, 1.807) is 5.38 Å². The predicted octanol–water partition coefficient (Wildman–Crippen LogP) is 7.42. The van der Waals surface area contributed by atoms with Crippen LogP contribution < -0.4 is 5.32 Å². The lowest BCUT2D eigenvalue weighted by Crippen LogP contribution is -2.59. The molecule has 12 heteroatoms. The van der Waals surface area contributed by atoms with E-state index in [0.717, 1.165) is 74.6 Å². The van der Waals surface area contributed by atoms with Gasteiger partial charge in [0, 0.05) is 18.0 Å². The topological polar surface area (TPSA) is 110 Å². The van der Waals surface area contributed by atoms with Crippen LogP contribution in [0.15, 0.2) is 5.38 Å². The quantitative estimate of drug-likeness (QED) is 0.0574. The number of unbranched alkanes of at least 4 members (excludes halogenated alkanes) is 2. The molecule has 1 saturated heterocycles. The highest BCUT2D eigenvalue weighted by Crippen LogP contribution is 2.37. The number of thiazole rings is 1. The molecule has 2 rings (SSSR count). The highest BCUT2D eigenvalue weighted by molar-refractivity contribution is 7.09. The van der Waals surface area contributed by atoms with Crippen LogP contribution in [0.4, 0.5) is 0 Å². The van der Waals surface area contributed by atoms with Crippen molar-refractivity contribution in [2.75, 3.05) is 34.0 Å². The Labute approximate surface area is 296 Å². The maximum absolute atomic E-state index is 14.8. The Kier molecular flexibility index (Phi) is 18.8. The molecule has 1 N–H and O–H groups in total. The molecule has 0 aromatic carbocycles. The molecule has 5 atom stereocenters. The molecule has 1 aromatic heterocycles. The van der Waals surface area contributed by atoms with Crippen LogP contribution in [0.25, 0.3) is 0 Å². The minimum atomic E-state index is -2.13. The number of ether oxygens (including phenoxy) is 2. The number of methoxy groups -OCH3 is 1. The van der Waals surface area contributed by atoms with Crippen LogP contribution >= 0.6 is 11.3 Å². The highest BCUT2D eigenvalue weighted by Gasteiger charge is 2.40. The molecule has 276 valence electrons. The zero-order chi connectivity index (χ0) is 35.9. The van der Waals surface area contributed by atoms with Crippen molar-refractivity contribution in [1.29, 1.82) is 0 Å². The molecule has 2 heterocycles. The van der Waals surface area contributed by atoms with Gasteiger partial charge in [-0.05, 0) is 69.2 Å². The molecule has 2 amide bonds. The molecule has 0 spiro atoms. The summed E-state index contributed by atoms with van der Waals surface area (Å²) in [6, 6.07) is 1.69. The standard InChI is InChI=1S/C36H66N4O6SSi/c1-11-16-19-22-45-25-40(35(42)32(27(8)12-2)38-33(41)29-20-17-18-21-39(29)9)30(26(6)7)23-31(46-48(13-3,14-4)15-5)34-37-28(24-47-34)36(43)44-10/h24,26-27,29-32H,11-23,25H2,1-10H3,(H,38,41)/t27?,29-,30-,31+,32+/m1/s1. The molecule has 10 nitrogen and oxygen atoms in total. The van der Waals surface area contributed by atoms with Gasteiger partial charge in [0.2, 0.25) is 11.8 Å². The monoisotopic (exact) mass is 710 g/mol. The second-order valence-electron chi connectivity index (χ2n) is 13.9. The molecule has 0 saturated carbocycles. The Morgan fingerprint density at radius 3 is 2.33 bits per heavy atom. The lowest BCUT2D eigenvalue weighted by atomic mass is 9.92. The van der Waals surface area contributed by atoms with E-state index in [0.29, 0.717) is 13.0 Å². The first-order chi connectivity index (χ1) is 22.9. The Hall–Kier alpha value is -1.86. The van der Waals surface area contributed by atoms with Gasteiger partial charge in [0.1, 0.15) is 17.8 Å². The van der Waals surface area contributed by atoms with Crippen LogP contribution in [0.1, 0.15) is 128 Å². The van der Waals surface area contributed by atoms with Crippen molar-refractivity contribution >= 4 is 37.4 Å². The first-order valence-corrected chi connectivity index (χ1v) is 21.9. The van der Waals surface area contributed by atoms with E-state index < -0.39 is 26.4 Å². The van der Waals surface area contributed by atoms with Gasteiger partial charge in [0.05, 0.1) is 19.3 Å². The Morgan fingerprint density at radius 2 is 1.77 bits per heavy atom. The number of rotatable bonds is 22. The SMILES string of the molecule is CCCCCOCN(C(=O)[C@@H](NC(=O)[C@H]1CCCCN1C)C(C)CC)[C@H](C[C@H](O[Si](CC)(CC)CC)c1nc(C(=O)OC)cs1)C(C)C. The number of piperidine rings is 1. The number of aromatic nitrogens is 1. The molecular weight excluding hydrogens is 645 g/mol. The van der Waals surface area contributed by atoms with Gasteiger partial charge in [0.15, 0.2) is 14.0 Å². The lowest BCUT2D eigenvalue weighted by molar-refractivity contribution is -0.149. The molecule has 1 unspecified atom stereocenters. The summed E-state index contributed by atoms with van der Waals surface area (Å²) >= 11 is 1.40. The number of carbonyl (C=O) groups is 3. The van der Waals surface area contributed by atoms with E-state index in [9.17, 15) is 14.4 Å². The molecule has 1 aliphatic heterocycles. The number of amides is 2. The summed E-state index contributed by atoms with van der Waals surface area (Å²) in [5.74, 6) is -0.694. The fourth-order valence-corrected chi connectivity index (χ4v) is 10.3. The third kappa shape index (κ3) is 11.9. The van der Waals surface area contributed by atoms with Gasteiger partial charge in [-0.15, -0.1) is 11.3 Å². The maximum atomic E-state index is 14.8. The molecule has 0 radical (unpaired) electrons. The molecule has 0 bridgehead atoms. The number of likely N-dealkylation sites (tertiary alicyclic amines) is 1. The lowest BCUT2D eigenvalue weighted by Gasteiger charge is -2.41. The minimum Gasteiger partial charge on any atom is -0.464 e. The highest BCUT2D eigenvalue weighted by atomic mass is 32.1. The van der Waals surface area contributed by atoms with Crippen molar-refractivity contribution in [3.05, 3.63) is 16.1 Å². The molecule has 1 aliphatic rings. The normalized spacial score (nSPS) is 18.3. The number of esters is 1. The zero-order valence-corrected chi connectivity index (χ0v) is 33.5. The fraction of sp³-hybridized carbons (Fsp3) is 0.833. The number of hydrogen-bond acceptors (Lipinski definition) is 9. The van der Waals surface area contributed by atoms with Gasteiger partial charge in [-0.3, -0.25) is 14.5 Å². The van der Waals surface area contributed by atoms with Crippen LogP contribution in [0.5, 0.6) is 0 Å². The van der Waals surface area contributed by atoms with Crippen LogP contribution in [-0.2, 0) is 23.5 Å². The number of likely N-dealkylation sites (N-methyl/N-ethyl adjacent to an activating group) is 1. The Morgan fingerprint density at radius 1 is 1.08 bits per heavy atom. The second-order valence-corrected chi connectivity index (χ2v) is 19.5. The largest absolute Gasteiger partial charge is 0.464 e. The summed E-state index contributed by atoms with van der Waals surface area (Å²) < 4.78 is 18.3. The molecular formula is C36H66N4O6SSi. The van der Waals surface area contributed by atoms with E-state index >= 15 is 0 Å². The van der Waals surface area contributed by atoms with Crippen molar-refractivity contribution in [1.82, 2.24) is 20.1 Å². The summed E-state index contributed by atoms with van der Waals surface area (Å²) in [5.41, 5.74) is 0.267. The molecule has 1 aromatic rings. The fourth-order valence-electron chi connectivity index (χ4n) is 6.57. The van der Waals surface area contributed by atoms with Crippen LogP contribution in [0, 0.1) is 11.8 Å². The first-order valence-electron chi connectivity index (χ1n) is 18.5. The van der Waals surface area contributed by atoms with Gasteiger partial charge >= 0.3 is 5.97 Å². The molecule has 48 heavy (non-hydrogen) atoms. The summed E-state index contributed by atoms with van der Waals surface area (Å²) in [5, 5.41) is 5.66. The van der Waals surface area contributed by atoms with E-state index in [1.807, 2.05) is 18.9 Å². The van der Waals surface area contributed by atoms with Crippen molar-refractivity contribution < 1.29 is 28.3 Å². The average Bonchev–Trinajstić information content (AvgIpc) is 3.59. The van der Waals surface area contributed by atoms with Gasteiger partial charge in [0.25, 0.3) is 0 Å². The summed E-state index contributed by atoms with van der Waals surface area (Å²) in [6.07, 6.45) is 6.77. The van der Waals surface area contributed by atoms with Crippen molar-refractivity contribution in [2.24, 2.45) is 11.8 Å². The van der Waals surface area contributed by atoms with Gasteiger partial charge in [-0.25, -0.2) is 9.78 Å². The smallest absolute Gasteiger partial charge is 0.357 e. The van der Waals surface area contributed by atoms with Crippen molar-refractivity contribution in [3.8, 4) is 0 Å². The summed E-state index contributed by atoms with van der Waals surface area (Å²) in [6.45, 7) is 18.7. The maximum Gasteiger partial charge on any atom is 0.357 e. The van der Waals surface area contributed by atoms with Gasteiger partial charge in [-0.2, -0.15) is 0 Å². The number of hydrogen-bond donors (Lipinski definition) is 1.